The van der Waals surface area contributed by atoms with Gasteiger partial charge in [0, 0.05) is 20.4 Å². The first-order chi connectivity index (χ1) is 7.22. The third-order valence-corrected chi connectivity index (χ3v) is 2.89. The maximum absolute atomic E-state index is 12.8. The lowest BCUT2D eigenvalue weighted by molar-refractivity contribution is 0.303. The molecule has 1 fully saturated rings. The summed E-state index contributed by atoms with van der Waals surface area (Å²) in [7, 11) is 2.10. The average Bonchev–Trinajstić information content (AvgIpc) is 2.62. The van der Waals surface area contributed by atoms with Crippen LogP contribution < -0.4 is 5.32 Å². The van der Waals surface area contributed by atoms with Crippen molar-refractivity contribution < 1.29 is 5.82 Å². The summed E-state index contributed by atoms with van der Waals surface area (Å²) in [5.74, 6) is 2.64. The van der Waals surface area contributed by atoms with Crippen LogP contribution in [-0.2, 0) is 0 Å². The number of halogens is 1. The van der Waals surface area contributed by atoms with Gasteiger partial charge in [0.1, 0.15) is 6.17 Å². The van der Waals surface area contributed by atoms with E-state index in [2.05, 4.69) is 23.2 Å². The molecule has 0 aromatic rings. The highest BCUT2D eigenvalue weighted by atomic mass is 19.1. The van der Waals surface area contributed by atoms with Crippen molar-refractivity contribution in [1.82, 2.24) is 10.2 Å². The van der Waals surface area contributed by atoms with E-state index >= 15 is 0 Å². The molecule has 2 unspecified atom stereocenters. The van der Waals surface area contributed by atoms with Gasteiger partial charge in [0.25, 0.3) is 0 Å². The standard InChI is InChI=1S/C12H21FN2.H2/c1-3-4-5-7-15(2)8-6-12-9-11(13)10-14-12;/h1,11-12,14H,4-10H2,2H3;1H. The summed E-state index contributed by atoms with van der Waals surface area (Å²) in [5.41, 5.74) is 0. The number of alkyl halides is 1. The van der Waals surface area contributed by atoms with Gasteiger partial charge < -0.3 is 10.2 Å². The van der Waals surface area contributed by atoms with E-state index in [0.29, 0.717) is 19.0 Å². The monoisotopic (exact) mass is 214 g/mol. The first kappa shape index (κ1) is 12.5. The van der Waals surface area contributed by atoms with Gasteiger partial charge in [-0.15, -0.1) is 12.3 Å². The molecule has 1 rings (SSSR count). The first-order valence-corrected chi connectivity index (χ1v) is 5.72. The van der Waals surface area contributed by atoms with Crippen LogP contribution in [0.25, 0.3) is 0 Å². The second kappa shape index (κ2) is 6.81. The molecule has 0 spiro atoms. The molecule has 1 aliphatic rings. The Morgan fingerprint density at radius 1 is 1.60 bits per heavy atom. The lowest BCUT2D eigenvalue weighted by Crippen LogP contribution is -2.29. The SMILES string of the molecule is C#CCCCN(C)CCC1CC(F)CN1.[HH]. The molecule has 0 aromatic heterocycles. The van der Waals surface area contributed by atoms with Crippen LogP contribution in [-0.4, -0.2) is 43.8 Å². The topological polar surface area (TPSA) is 15.3 Å². The minimum Gasteiger partial charge on any atom is -0.311 e. The molecule has 0 amide bonds. The van der Waals surface area contributed by atoms with Crippen LogP contribution in [0.4, 0.5) is 4.39 Å². The van der Waals surface area contributed by atoms with Gasteiger partial charge in [-0.25, -0.2) is 4.39 Å². The molecule has 0 aliphatic carbocycles. The van der Waals surface area contributed by atoms with Crippen molar-refractivity contribution in [2.75, 3.05) is 26.7 Å². The van der Waals surface area contributed by atoms with Crippen LogP contribution in [0, 0.1) is 12.3 Å². The molecule has 0 radical (unpaired) electrons. The molecule has 88 valence electrons. The molecule has 1 saturated heterocycles. The minimum absolute atomic E-state index is 0. The summed E-state index contributed by atoms with van der Waals surface area (Å²) in [6, 6.07) is 0.370. The zero-order valence-electron chi connectivity index (χ0n) is 9.51. The number of nitrogens with one attached hydrogen (secondary N) is 1. The van der Waals surface area contributed by atoms with Gasteiger partial charge >= 0.3 is 0 Å². The summed E-state index contributed by atoms with van der Waals surface area (Å²) in [6.45, 7) is 2.59. The molecule has 0 aromatic carbocycles. The van der Waals surface area contributed by atoms with E-state index < -0.39 is 6.17 Å². The summed E-state index contributed by atoms with van der Waals surface area (Å²) >= 11 is 0. The molecule has 3 heteroatoms. The van der Waals surface area contributed by atoms with Crippen LogP contribution in [0.15, 0.2) is 0 Å². The summed E-state index contributed by atoms with van der Waals surface area (Å²) < 4.78 is 12.8. The number of hydrogen-bond donors (Lipinski definition) is 1. The summed E-state index contributed by atoms with van der Waals surface area (Å²) in [5, 5.41) is 3.19. The van der Waals surface area contributed by atoms with Crippen molar-refractivity contribution in [3.63, 3.8) is 0 Å². The van der Waals surface area contributed by atoms with Crippen molar-refractivity contribution in [2.24, 2.45) is 0 Å². The Hall–Kier alpha value is -0.590. The Morgan fingerprint density at radius 2 is 2.40 bits per heavy atom. The van der Waals surface area contributed by atoms with E-state index in [1.54, 1.807) is 0 Å². The molecule has 0 bridgehead atoms. The lowest BCUT2D eigenvalue weighted by atomic mass is 10.1. The van der Waals surface area contributed by atoms with Gasteiger partial charge in [0.05, 0.1) is 0 Å². The fraction of sp³-hybridized carbons (Fsp3) is 0.833. The number of nitrogens with zero attached hydrogens (tertiary/aromatic N) is 1. The quantitative estimate of drug-likeness (QED) is 0.534. The number of hydrogen-bond acceptors (Lipinski definition) is 2. The van der Waals surface area contributed by atoms with Crippen molar-refractivity contribution in [2.45, 2.75) is 37.9 Å². The van der Waals surface area contributed by atoms with E-state index in [1.807, 2.05) is 0 Å². The normalized spacial score (nSPS) is 25.7. The first-order valence-electron chi connectivity index (χ1n) is 5.72. The van der Waals surface area contributed by atoms with Crippen LogP contribution in [0.2, 0.25) is 0 Å². The smallest absolute Gasteiger partial charge is 0.114 e. The fourth-order valence-corrected chi connectivity index (χ4v) is 1.93. The van der Waals surface area contributed by atoms with E-state index in [4.69, 9.17) is 6.42 Å². The molecular formula is C12H23FN2. The highest BCUT2D eigenvalue weighted by Gasteiger charge is 2.22. The van der Waals surface area contributed by atoms with Crippen LogP contribution in [0.1, 0.15) is 27.1 Å². The van der Waals surface area contributed by atoms with Crippen molar-refractivity contribution in [1.29, 1.82) is 0 Å². The second-order valence-electron chi connectivity index (χ2n) is 4.34. The maximum atomic E-state index is 12.8. The second-order valence-corrected chi connectivity index (χ2v) is 4.34. The van der Waals surface area contributed by atoms with E-state index in [9.17, 15) is 4.39 Å². The Balaban J connectivity index is 0.00000225. The molecule has 1 heterocycles. The molecule has 2 nitrogen and oxygen atoms in total. The zero-order valence-corrected chi connectivity index (χ0v) is 9.51. The molecule has 15 heavy (non-hydrogen) atoms. The minimum atomic E-state index is -0.637. The molecule has 0 saturated carbocycles. The van der Waals surface area contributed by atoms with Gasteiger partial charge in [0.2, 0.25) is 0 Å². The van der Waals surface area contributed by atoms with Crippen LogP contribution >= 0.6 is 0 Å². The van der Waals surface area contributed by atoms with Gasteiger partial charge in [-0.2, -0.15) is 0 Å². The summed E-state index contributed by atoms with van der Waals surface area (Å²) in [6.07, 6.45) is 8.16. The predicted molar refractivity (Wildman–Crippen MR) is 63.6 cm³/mol. The largest absolute Gasteiger partial charge is 0.311 e. The Morgan fingerprint density at radius 3 is 3.00 bits per heavy atom. The fourth-order valence-electron chi connectivity index (χ4n) is 1.93. The molecule has 1 N–H and O–H groups in total. The van der Waals surface area contributed by atoms with Gasteiger partial charge in [-0.1, -0.05) is 0 Å². The van der Waals surface area contributed by atoms with E-state index in [0.717, 1.165) is 32.4 Å². The van der Waals surface area contributed by atoms with Crippen molar-refractivity contribution >= 4 is 0 Å². The Kier molecular flexibility index (Phi) is 5.67. The number of terminal acetylenes is 1. The third-order valence-electron chi connectivity index (χ3n) is 2.89. The van der Waals surface area contributed by atoms with Crippen LogP contribution in [0.3, 0.4) is 0 Å². The molecule has 2 atom stereocenters. The molecule has 1 aliphatic heterocycles. The van der Waals surface area contributed by atoms with Gasteiger partial charge in [0.15, 0.2) is 0 Å². The number of rotatable bonds is 6. The Labute approximate surface area is 93.7 Å². The highest BCUT2D eigenvalue weighted by molar-refractivity contribution is 4.84. The average molecular weight is 214 g/mol. The van der Waals surface area contributed by atoms with Gasteiger partial charge in [-0.3, -0.25) is 0 Å². The zero-order chi connectivity index (χ0) is 11.1. The van der Waals surface area contributed by atoms with Crippen molar-refractivity contribution in [3.05, 3.63) is 0 Å². The Bertz CT molecular complexity index is 218. The maximum Gasteiger partial charge on any atom is 0.114 e. The molecular weight excluding hydrogens is 191 g/mol. The summed E-state index contributed by atoms with van der Waals surface area (Å²) in [4.78, 5) is 2.27. The van der Waals surface area contributed by atoms with E-state index in [1.165, 1.54) is 0 Å². The van der Waals surface area contributed by atoms with Crippen molar-refractivity contribution in [3.8, 4) is 12.3 Å². The third kappa shape index (κ3) is 5.15. The lowest BCUT2D eigenvalue weighted by Gasteiger charge is -2.18. The number of unbranched alkanes of at least 4 members (excludes halogenated alkanes) is 1. The van der Waals surface area contributed by atoms with Crippen LogP contribution in [0.5, 0.6) is 0 Å². The van der Waals surface area contributed by atoms with Gasteiger partial charge in [-0.05, 0) is 39.4 Å². The predicted octanol–water partition coefficient (Wildman–Crippen LogP) is 1.67. The van der Waals surface area contributed by atoms with E-state index in [-0.39, 0.29) is 1.43 Å². The highest BCUT2D eigenvalue weighted by Crippen LogP contribution is 2.12.